The third kappa shape index (κ3) is 3.29. The number of amides is 1. The molecule has 2 aromatic carbocycles. The molecular formula is C17H15F2N3O. The Kier molecular flexibility index (Phi) is 4.32. The molecule has 2 aromatic rings. The second-order valence-corrected chi connectivity index (χ2v) is 5.59. The number of benzene rings is 2. The predicted molar refractivity (Wildman–Crippen MR) is 83.8 cm³/mol. The van der Waals surface area contributed by atoms with Crippen LogP contribution in [0.15, 0.2) is 36.4 Å². The van der Waals surface area contributed by atoms with Crippen LogP contribution in [0.25, 0.3) is 0 Å². The Bertz CT molecular complexity index is 810. The van der Waals surface area contributed by atoms with Crippen LogP contribution < -0.4 is 11.1 Å². The second-order valence-electron chi connectivity index (χ2n) is 5.59. The summed E-state index contributed by atoms with van der Waals surface area (Å²) >= 11 is 0. The fourth-order valence-electron chi connectivity index (χ4n) is 1.97. The van der Waals surface area contributed by atoms with E-state index in [1.807, 2.05) is 0 Å². The molecule has 4 nitrogen and oxygen atoms in total. The number of carbonyl (C=O) groups excluding carboxylic acids is 1. The molecule has 0 spiro atoms. The topological polar surface area (TPSA) is 78.9 Å². The third-order valence-corrected chi connectivity index (χ3v) is 3.50. The minimum Gasteiger partial charge on any atom is -0.394 e. The third-order valence-electron chi connectivity index (χ3n) is 3.50. The molecule has 0 aliphatic rings. The smallest absolute Gasteiger partial charge is 0.255 e. The van der Waals surface area contributed by atoms with Crippen molar-refractivity contribution in [3.05, 3.63) is 59.2 Å². The van der Waals surface area contributed by atoms with E-state index in [1.165, 1.54) is 6.07 Å². The lowest BCUT2D eigenvalue weighted by atomic mass is 9.85. The quantitative estimate of drug-likeness (QED) is 0.849. The number of anilines is 2. The van der Waals surface area contributed by atoms with Crippen molar-refractivity contribution in [1.82, 2.24) is 0 Å². The van der Waals surface area contributed by atoms with Gasteiger partial charge in [0.05, 0.1) is 17.2 Å². The molecule has 0 heterocycles. The van der Waals surface area contributed by atoms with Crippen LogP contribution in [-0.4, -0.2) is 5.91 Å². The van der Waals surface area contributed by atoms with Crippen molar-refractivity contribution in [2.75, 3.05) is 11.1 Å². The zero-order chi connectivity index (χ0) is 17.2. The highest BCUT2D eigenvalue weighted by Gasteiger charge is 2.21. The molecule has 23 heavy (non-hydrogen) atoms. The minimum absolute atomic E-state index is 0.209. The van der Waals surface area contributed by atoms with E-state index in [1.54, 1.807) is 32.0 Å². The van der Waals surface area contributed by atoms with E-state index in [-0.39, 0.29) is 11.3 Å². The lowest BCUT2D eigenvalue weighted by Crippen LogP contribution is -2.17. The highest BCUT2D eigenvalue weighted by atomic mass is 19.1. The van der Waals surface area contributed by atoms with E-state index in [0.29, 0.717) is 5.56 Å². The first-order valence-electron chi connectivity index (χ1n) is 6.83. The van der Waals surface area contributed by atoms with Crippen molar-refractivity contribution in [1.29, 1.82) is 5.26 Å². The number of nitrogens with one attached hydrogen (secondary N) is 1. The molecule has 0 saturated heterocycles. The van der Waals surface area contributed by atoms with Gasteiger partial charge in [-0.15, -0.1) is 0 Å². The Labute approximate surface area is 132 Å². The van der Waals surface area contributed by atoms with E-state index < -0.39 is 28.6 Å². The van der Waals surface area contributed by atoms with Crippen LogP contribution in [0.4, 0.5) is 20.2 Å². The van der Waals surface area contributed by atoms with Crippen LogP contribution in [0.3, 0.4) is 0 Å². The molecule has 0 unspecified atom stereocenters. The Morgan fingerprint density at radius 1 is 1.26 bits per heavy atom. The molecule has 0 aliphatic heterocycles. The number of hydrogen-bond donors (Lipinski definition) is 2. The molecule has 0 aromatic heterocycles. The monoisotopic (exact) mass is 315 g/mol. The Balaban J connectivity index is 2.31. The molecule has 0 saturated carbocycles. The predicted octanol–water partition coefficient (Wildman–Crippen LogP) is 3.60. The van der Waals surface area contributed by atoms with Crippen molar-refractivity contribution in [2.24, 2.45) is 0 Å². The molecule has 0 aliphatic carbocycles. The largest absolute Gasteiger partial charge is 0.394 e. The fourth-order valence-corrected chi connectivity index (χ4v) is 1.97. The van der Waals surface area contributed by atoms with Gasteiger partial charge in [-0.3, -0.25) is 4.79 Å². The first kappa shape index (κ1) is 16.4. The molecule has 0 atom stereocenters. The molecule has 2 rings (SSSR count). The van der Waals surface area contributed by atoms with Gasteiger partial charge in [-0.1, -0.05) is 12.1 Å². The Hall–Kier alpha value is -2.94. The second kappa shape index (κ2) is 6.05. The van der Waals surface area contributed by atoms with Crippen molar-refractivity contribution < 1.29 is 13.6 Å². The molecule has 118 valence electrons. The van der Waals surface area contributed by atoms with Gasteiger partial charge in [0.15, 0.2) is 5.82 Å². The summed E-state index contributed by atoms with van der Waals surface area (Å²) in [5.41, 5.74) is 4.55. The van der Waals surface area contributed by atoms with Gasteiger partial charge < -0.3 is 11.1 Å². The molecule has 0 bridgehead atoms. The zero-order valence-electron chi connectivity index (χ0n) is 12.7. The number of carbonyl (C=O) groups is 1. The van der Waals surface area contributed by atoms with Crippen LogP contribution in [0.2, 0.25) is 0 Å². The number of rotatable bonds is 3. The van der Waals surface area contributed by atoms with E-state index in [0.717, 1.165) is 12.1 Å². The van der Waals surface area contributed by atoms with E-state index in [2.05, 4.69) is 11.4 Å². The molecule has 6 heteroatoms. The first-order valence-corrected chi connectivity index (χ1v) is 6.83. The standard InChI is InChI=1S/C17H15F2N3O/c1-17(2,9-20)11-5-3-4-10(8-11)16(23)22-13-7-6-12(18)15(21)14(13)19/h3-8H,21H2,1-2H3,(H,22,23). The van der Waals surface area contributed by atoms with Crippen LogP contribution in [-0.2, 0) is 5.41 Å². The van der Waals surface area contributed by atoms with Gasteiger partial charge in [0, 0.05) is 5.56 Å². The van der Waals surface area contributed by atoms with Crippen molar-refractivity contribution >= 4 is 17.3 Å². The minimum atomic E-state index is -1.02. The lowest BCUT2D eigenvalue weighted by Gasteiger charge is -2.16. The van der Waals surface area contributed by atoms with Crippen LogP contribution >= 0.6 is 0 Å². The molecule has 3 N–H and O–H groups in total. The van der Waals surface area contributed by atoms with Crippen LogP contribution in [0, 0.1) is 23.0 Å². The average molecular weight is 315 g/mol. The van der Waals surface area contributed by atoms with Crippen LogP contribution in [0.1, 0.15) is 29.8 Å². The van der Waals surface area contributed by atoms with Gasteiger partial charge in [0.2, 0.25) is 0 Å². The van der Waals surface area contributed by atoms with Crippen molar-refractivity contribution in [2.45, 2.75) is 19.3 Å². The maximum absolute atomic E-state index is 13.8. The van der Waals surface area contributed by atoms with E-state index in [4.69, 9.17) is 11.0 Å². The molecular weight excluding hydrogens is 300 g/mol. The van der Waals surface area contributed by atoms with Crippen molar-refractivity contribution in [3.8, 4) is 6.07 Å². The Morgan fingerprint density at radius 2 is 1.96 bits per heavy atom. The average Bonchev–Trinajstić information content (AvgIpc) is 2.55. The van der Waals surface area contributed by atoms with Gasteiger partial charge in [-0.25, -0.2) is 8.78 Å². The highest BCUT2D eigenvalue weighted by molar-refractivity contribution is 6.04. The summed E-state index contributed by atoms with van der Waals surface area (Å²) in [5, 5.41) is 11.5. The van der Waals surface area contributed by atoms with E-state index >= 15 is 0 Å². The Morgan fingerprint density at radius 3 is 2.61 bits per heavy atom. The number of nitrogen functional groups attached to an aromatic ring is 1. The number of nitriles is 1. The molecule has 1 amide bonds. The van der Waals surface area contributed by atoms with Gasteiger partial charge >= 0.3 is 0 Å². The summed E-state index contributed by atoms with van der Waals surface area (Å²) in [4.78, 5) is 12.2. The zero-order valence-corrected chi connectivity index (χ0v) is 12.7. The maximum atomic E-state index is 13.8. The normalized spacial score (nSPS) is 10.9. The first-order chi connectivity index (χ1) is 10.8. The summed E-state index contributed by atoms with van der Waals surface area (Å²) < 4.78 is 27.0. The maximum Gasteiger partial charge on any atom is 0.255 e. The summed E-state index contributed by atoms with van der Waals surface area (Å²) in [6.45, 7) is 3.45. The van der Waals surface area contributed by atoms with Crippen LogP contribution in [0.5, 0.6) is 0 Å². The fraction of sp³-hybridized carbons (Fsp3) is 0.176. The van der Waals surface area contributed by atoms with Gasteiger partial charge in [-0.2, -0.15) is 5.26 Å². The van der Waals surface area contributed by atoms with Crippen molar-refractivity contribution in [3.63, 3.8) is 0 Å². The number of hydrogen-bond acceptors (Lipinski definition) is 3. The molecule has 0 fully saturated rings. The number of nitrogens with zero attached hydrogens (tertiary/aromatic N) is 1. The highest BCUT2D eigenvalue weighted by Crippen LogP contribution is 2.25. The van der Waals surface area contributed by atoms with E-state index in [9.17, 15) is 13.6 Å². The summed E-state index contributed by atoms with van der Waals surface area (Å²) in [6.07, 6.45) is 0. The summed E-state index contributed by atoms with van der Waals surface area (Å²) in [7, 11) is 0. The van der Waals surface area contributed by atoms with Gasteiger partial charge in [0.25, 0.3) is 5.91 Å². The van der Waals surface area contributed by atoms with Gasteiger partial charge in [0.1, 0.15) is 11.5 Å². The SMILES string of the molecule is CC(C)(C#N)c1cccc(C(=O)Nc2ccc(F)c(N)c2F)c1. The van der Waals surface area contributed by atoms with Gasteiger partial charge in [-0.05, 0) is 43.7 Å². The lowest BCUT2D eigenvalue weighted by molar-refractivity contribution is 0.102. The summed E-state index contributed by atoms with van der Waals surface area (Å²) in [5.74, 6) is -2.49. The number of nitrogens with two attached hydrogens (primary N) is 1. The summed E-state index contributed by atoms with van der Waals surface area (Å²) in [6, 6.07) is 10.7. The molecule has 0 radical (unpaired) electrons. The number of halogens is 2.